The number of aryl methyl sites for hydroxylation is 1. The largest absolute Gasteiger partial charge is 0.508 e. The van der Waals surface area contributed by atoms with Crippen molar-refractivity contribution in [1.82, 2.24) is 10.2 Å². The summed E-state index contributed by atoms with van der Waals surface area (Å²) in [4.78, 5) is 24.1. The molecule has 1 atom stereocenters. The van der Waals surface area contributed by atoms with E-state index in [-0.39, 0.29) is 24.0 Å². The number of phenolic OH excluding ortho intramolecular Hbond substituents is 1. The number of aromatic hydroxyl groups is 1. The van der Waals surface area contributed by atoms with Gasteiger partial charge in [-0.05, 0) is 13.0 Å². The van der Waals surface area contributed by atoms with Crippen LogP contribution in [0.25, 0.3) is 0 Å². The van der Waals surface area contributed by atoms with E-state index in [0.717, 1.165) is 16.0 Å². The van der Waals surface area contributed by atoms with Gasteiger partial charge in [0.2, 0.25) is 11.8 Å². The summed E-state index contributed by atoms with van der Waals surface area (Å²) < 4.78 is 0. The molecule has 1 aliphatic rings. The highest BCUT2D eigenvalue weighted by Gasteiger charge is 2.35. The van der Waals surface area contributed by atoms with Crippen LogP contribution in [0.3, 0.4) is 0 Å². The SMILES string of the molecule is Cc1ccc(O)c(CNC2CC(=O)N(C)C2=O)c1. The average molecular weight is 248 g/mol. The average Bonchev–Trinajstić information content (AvgIpc) is 2.58. The van der Waals surface area contributed by atoms with Gasteiger partial charge >= 0.3 is 0 Å². The number of amides is 2. The topological polar surface area (TPSA) is 69.6 Å². The Kier molecular flexibility index (Phi) is 3.34. The number of nitrogens with zero attached hydrogens (tertiary/aromatic N) is 1. The molecule has 0 saturated carbocycles. The first-order chi connectivity index (χ1) is 8.49. The van der Waals surface area contributed by atoms with Crippen LogP contribution in [0, 0.1) is 6.92 Å². The van der Waals surface area contributed by atoms with Crippen LogP contribution in [0.2, 0.25) is 0 Å². The van der Waals surface area contributed by atoms with E-state index in [1.54, 1.807) is 6.07 Å². The lowest BCUT2D eigenvalue weighted by molar-refractivity contribution is -0.137. The molecule has 0 aromatic heterocycles. The fourth-order valence-electron chi connectivity index (χ4n) is 2.00. The molecule has 1 aromatic carbocycles. The number of imide groups is 1. The minimum Gasteiger partial charge on any atom is -0.508 e. The minimum atomic E-state index is -0.484. The summed E-state index contributed by atoms with van der Waals surface area (Å²) >= 11 is 0. The van der Waals surface area contributed by atoms with Crippen LogP contribution in [-0.2, 0) is 16.1 Å². The van der Waals surface area contributed by atoms with Gasteiger partial charge in [0.25, 0.3) is 0 Å². The first-order valence-electron chi connectivity index (χ1n) is 5.81. The van der Waals surface area contributed by atoms with Crippen molar-refractivity contribution in [3.63, 3.8) is 0 Å². The third-order valence-electron chi connectivity index (χ3n) is 3.16. The Labute approximate surface area is 105 Å². The van der Waals surface area contributed by atoms with Crippen LogP contribution in [0.1, 0.15) is 17.5 Å². The van der Waals surface area contributed by atoms with Crippen molar-refractivity contribution in [2.45, 2.75) is 25.9 Å². The maximum Gasteiger partial charge on any atom is 0.246 e. The maximum atomic E-state index is 11.7. The Hall–Kier alpha value is -1.88. The van der Waals surface area contributed by atoms with E-state index in [1.165, 1.54) is 7.05 Å². The van der Waals surface area contributed by atoms with Crippen LogP contribution in [0.4, 0.5) is 0 Å². The summed E-state index contributed by atoms with van der Waals surface area (Å²) in [5, 5.41) is 12.7. The summed E-state index contributed by atoms with van der Waals surface area (Å²) in [6, 6.07) is 4.81. The van der Waals surface area contributed by atoms with Crippen LogP contribution in [0.15, 0.2) is 18.2 Å². The summed E-state index contributed by atoms with van der Waals surface area (Å²) in [5.41, 5.74) is 1.76. The van der Waals surface area contributed by atoms with Gasteiger partial charge in [-0.2, -0.15) is 0 Å². The summed E-state index contributed by atoms with van der Waals surface area (Å²) in [6.07, 6.45) is 0.182. The normalized spacial score (nSPS) is 19.7. The zero-order valence-corrected chi connectivity index (χ0v) is 10.4. The first-order valence-corrected chi connectivity index (χ1v) is 5.81. The number of likely N-dealkylation sites (N-methyl/N-ethyl adjacent to an activating group) is 1. The molecule has 5 heteroatoms. The zero-order valence-electron chi connectivity index (χ0n) is 10.4. The predicted octanol–water partition coefficient (Wildman–Crippen LogP) is 0.548. The Morgan fingerprint density at radius 1 is 1.44 bits per heavy atom. The molecule has 1 aliphatic heterocycles. The van der Waals surface area contributed by atoms with Crippen molar-refractivity contribution in [2.75, 3.05) is 7.05 Å². The molecular formula is C13H16N2O3. The van der Waals surface area contributed by atoms with E-state index in [0.29, 0.717) is 6.54 Å². The molecule has 0 radical (unpaired) electrons. The van der Waals surface area contributed by atoms with Gasteiger partial charge in [-0.15, -0.1) is 0 Å². The molecule has 2 rings (SSSR count). The molecule has 1 unspecified atom stereocenters. The molecule has 2 amide bonds. The second kappa shape index (κ2) is 4.78. The lowest BCUT2D eigenvalue weighted by Gasteiger charge is -2.12. The third kappa shape index (κ3) is 2.36. The summed E-state index contributed by atoms with van der Waals surface area (Å²) in [6.45, 7) is 2.30. The number of phenols is 1. The number of rotatable bonds is 3. The lowest BCUT2D eigenvalue weighted by atomic mass is 10.1. The van der Waals surface area contributed by atoms with Crippen molar-refractivity contribution < 1.29 is 14.7 Å². The quantitative estimate of drug-likeness (QED) is 0.766. The van der Waals surface area contributed by atoms with Crippen molar-refractivity contribution in [2.24, 2.45) is 0 Å². The predicted molar refractivity (Wildman–Crippen MR) is 65.9 cm³/mol. The standard InChI is InChI=1S/C13H16N2O3/c1-8-3-4-11(16)9(5-8)7-14-10-6-12(17)15(2)13(10)18/h3-5,10,14,16H,6-7H2,1-2H3. The molecule has 2 N–H and O–H groups in total. The fourth-order valence-corrected chi connectivity index (χ4v) is 2.00. The van der Waals surface area contributed by atoms with E-state index < -0.39 is 6.04 Å². The van der Waals surface area contributed by atoms with Gasteiger partial charge in [-0.25, -0.2) is 0 Å². The van der Waals surface area contributed by atoms with E-state index in [1.807, 2.05) is 19.1 Å². The molecule has 5 nitrogen and oxygen atoms in total. The van der Waals surface area contributed by atoms with Gasteiger partial charge in [-0.3, -0.25) is 14.5 Å². The fraction of sp³-hybridized carbons (Fsp3) is 0.385. The highest BCUT2D eigenvalue weighted by molar-refractivity contribution is 6.05. The highest BCUT2D eigenvalue weighted by atomic mass is 16.3. The van der Waals surface area contributed by atoms with Gasteiger partial charge in [-0.1, -0.05) is 17.7 Å². The van der Waals surface area contributed by atoms with Gasteiger partial charge < -0.3 is 10.4 Å². The van der Waals surface area contributed by atoms with E-state index in [2.05, 4.69) is 5.32 Å². The Morgan fingerprint density at radius 3 is 2.78 bits per heavy atom. The van der Waals surface area contributed by atoms with Crippen LogP contribution >= 0.6 is 0 Å². The number of carbonyl (C=O) groups excluding carboxylic acids is 2. The van der Waals surface area contributed by atoms with Crippen LogP contribution in [0.5, 0.6) is 5.75 Å². The number of hydrogen-bond donors (Lipinski definition) is 2. The zero-order chi connectivity index (χ0) is 13.3. The van der Waals surface area contributed by atoms with E-state index in [9.17, 15) is 14.7 Å². The van der Waals surface area contributed by atoms with Crippen molar-refractivity contribution >= 4 is 11.8 Å². The molecule has 0 spiro atoms. The Morgan fingerprint density at radius 2 is 2.17 bits per heavy atom. The first kappa shape index (κ1) is 12.6. The van der Waals surface area contributed by atoms with Crippen molar-refractivity contribution in [1.29, 1.82) is 0 Å². The molecule has 0 aliphatic carbocycles. The molecule has 1 fully saturated rings. The third-order valence-corrected chi connectivity index (χ3v) is 3.16. The highest BCUT2D eigenvalue weighted by Crippen LogP contribution is 2.19. The molecule has 1 heterocycles. The molecule has 0 bridgehead atoms. The molecule has 1 saturated heterocycles. The van der Waals surface area contributed by atoms with Gasteiger partial charge in [0.15, 0.2) is 0 Å². The molecule has 18 heavy (non-hydrogen) atoms. The lowest BCUT2D eigenvalue weighted by Crippen LogP contribution is -2.36. The summed E-state index contributed by atoms with van der Waals surface area (Å²) in [5.74, 6) is -0.198. The number of nitrogens with one attached hydrogen (secondary N) is 1. The van der Waals surface area contributed by atoms with Crippen molar-refractivity contribution in [3.05, 3.63) is 29.3 Å². The van der Waals surface area contributed by atoms with Gasteiger partial charge in [0, 0.05) is 19.2 Å². The molecular weight excluding hydrogens is 232 g/mol. The van der Waals surface area contributed by atoms with Crippen molar-refractivity contribution in [3.8, 4) is 5.75 Å². The molecule has 1 aromatic rings. The molecule has 96 valence electrons. The second-order valence-electron chi connectivity index (χ2n) is 4.56. The van der Waals surface area contributed by atoms with Crippen LogP contribution in [-0.4, -0.2) is 34.9 Å². The van der Waals surface area contributed by atoms with Gasteiger partial charge in [0.05, 0.1) is 12.5 Å². The van der Waals surface area contributed by atoms with E-state index >= 15 is 0 Å². The summed E-state index contributed by atoms with van der Waals surface area (Å²) in [7, 11) is 1.48. The Bertz CT molecular complexity index is 499. The number of carbonyl (C=O) groups is 2. The second-order valence-corrected chi connectivity index (χ2v) is 4.56. The van der Waals surface area contributed by atoms with Crippen LogP contribution < -0.4 is 5.32 Å². The number of benzene rings is 1. The van der Waals surface area contributed by atoms with E-state index in [4.69, 9.17) is 0 Å². The Balaban J connectivity index is 2.02. The smallest absolute Gasteiger partial charge is 0.246 e. The number of hydrogen-bond acceptors (Lipinski definition) is 4. The van der Waals surface area contributed by atoms with Gasteiger partial charge in [0.1, 0.15) is 5.75 Å². The maximum absolute atomic E-state index is 11.7. The monoisotopic (exact) mass is 248 g/mol. The minimum absolute atomic E-state index is 0.175. The number of likely N-dealkylation sites (tertiary alicyclic amines) is 1.